The van der Waals surface area contributed by atoms with Crippen LogP contribution in [-0.4, -0.2) is 143 Å². The van der Waals surface area contributed by atoms with E-state index in [-0.39, 0.29) is 77.1 Å². The standard InChI is InChI=1S/C45H46N12O14S2/c1-19-31(46)35(60)30-25(17-70-43(48)67)45(69-2)36-28(15-56(45)33(30)34(19)59)57(36)44(68)71-16-20-3-9-24(10-4-20)73-72-18-27(41(65)66)52-29(58)12-11-26(40(63)64)53-38(61)21-5-7-22(8-6-21)49-13-23-14-50-37-32(51-23)39(62)55-42(47)54-37/h3-10,14,25-28,36,49H,11-13,15-18,46H2,1-2H3,(H2,48,67)(H,52,58)(H,53,61)(H,63,64)(H,65,66)(H3,47,50,54,55,62)/t25-,26?,27+,28+,36+,45-,57?/m1/s1. The van der Waals surface area contributed by atoms with Crippen LogP contribution in [-0.2, 0) is 51.3 Å². The van der Waals surface area contributed by atoms with Crippen LogP contribution in [0.2, 0.25) is 0 Å². The molecule has 5 heterocycles. The molecule has 6 atom stereocenters. The van der Waals surface area contributed by atoms with Gasteiger partial charge < -0.3 is 62.5 Å². The molecular weight excluding hydrogens is 997 g/mol. The number of primary amides is 1. The van der Waals surface area contributed by atoms with E-state index in [4.69, 9.17) is 31.4 Å². The van der Waals surface area contributed by atoms with Crippen molar-refractivity contribution in [1.29, 1.82) is 0 Å². The highest BCUT2D eigenvalue weighted by Crippen LogP contribution is 2.60. The van der Waals surface area contributed by atoms with Gasteiger partial charge in [0.15, 0.2) is 16.9 Å². The number of rotatable bonds is 20. The van der Waals surface area contributed by atoms with Gasteiger partial charge in [0.2, 0.25) is 23.4 Å². The van der Waals surface area contributed by atoms with Crippen molar-refractivity contribution in [3.05, 3.63) is 104 Å². The van der Waals surface area contributed by atoms with Crippen LogP contribution in [0.5, 0.6) is 0 Å². The molecule has 4 aliphatic rings. The number of ketones is 2. The SMILES string of the molecule is CO[C@@]12[C@H](COC(N)=O)C3=C(C(=O)C(C)=C(N)C3=O)N1C[C@H]1[C@@H]2N1C(=O)OCc1ccc(SSC[C@H](NC(=O)CCC(NC(=O)c2ccc(NCc3cnc4nc(N)[nH]c(=O)c4n3)cc2)C(=O)O)C(=O)O)cc1. The van der Waals surface area contributed by atoms with Gasteiger partial charge in [0.05, 0.1) is 41.8 Å². The van der Waals surface area contributed by atoms with E-state index in [9.17, 15) is 53.4 Å². The topological polar surface area (TPSA) is 397 Å². The molecule has 0 spiro atoms. The second-order valence-corrected chi connectivity index (χ2v) is 19.4. The number of nitrogens with one attached hydrogen (secondary N) is 4. The summed E-state index contributed by atoms with van der Waals surface area (Å²) in [5.74, 6) is -6.44. The maximum Gasteiger partial charge on any atom is 0.410 e. The number of benzene rings is 2. The highest BCUT2D eigenvalue weighted by atomic mass is 33.1. The number of ether oxygens (including phenoxy) is 3. The number of carbonyl (C=O) groups excluding carboxylic acids is 6. The Bertz CT molecular complexity index is 3080. The molecule has 12 N–H and O–H groups in total. The third-order valence-corrected chi connectivity index (χ3v) is 15.0. The Morgan fingerprint density at radius 2 is 1.66 bits per heavy atom. The number of piperazine rings is 1. The summed E-state index contributed by atoms with van der Waals surface area (Å²) in [4.78, 5) is 132. The Balaban J connectivity index is 0.768. The van der Waals surface area contributed by atoms with Gasteiger partial charge in [-0.2, -0.15) is 4.98 Å². The van der Waals surface area contributed by atoms with E-state index < -0.39 is 102 Å². The normalized spacial score (nSPS) is 20.4. The number of nitrogens with zero attached hydrogens (tertiary/aromatic N) is 5. The molecule has 4 aromatic rings. The van der Waals surface area contributed by atoms with Gasteiger partial charge in [-0.05, 0) is 55.3 Å². The molecule has 4 amide bonds. The average Bonchev–Trinajstić information content (AvgIpc) is 3.88. The van der Waals surface area contributed by atoms with Gasteiger partial charge in [0.25, 0.3) is 11.5 Å². The first-order valence-electron chi connectivity index (χ1n) is 22.1. The first kappa shape index (κ1) is 51.1. The molecule has 382 valence electrons. The number of fused-ring (bicyclic) bond motifs is 5. The molecule has 0 radical (unpaired) electrons. The Labute approximate surface area is 420 Å². The van der Waals surface area contributed by atoms with Crippen molar-refractivity contribution >= 4 is 91.9 Å². The van der Waals surface area contributed by atoms with Crippen molar-refractivity contribution in [2.24, 2.45) is 17.4 Å². The van der Waals surface area contributed by atoms with Crippen molar-refractivity contribution in [2.45, 2.75) is 67.7 Å². The molecule has 1 unspecified atom stereocenters. The fourth-order valence-corrected chi connectivity index (χ4v) is 11.1. The van der Waals surface area contributed by atoms with E-state index in [0.29, 0.717) is 21.8 Å². The average molecular weight is 1040 g/mol. The summed E-state index contributed by atoms with van der Waals surface area (Å²) in [6.45, 7) is 1.18. The molecular formula is C45H46N12O14S2. The molecule has 73 heavy (non-hydrogen) atoms. The number of Topliss-reactive ketones (excluding diaryl/α,β-unsaturated/α-hetero) is 2. The van der Waals surface area contributed by atoms with Gasteiger partial charge in [-0.3, -0.25) is 33.9 Å². The predicted octanol–water partition coefficient (Wildman–Crippen LogP) is 0.592. The highest BCUT2D eigenvalue weighted by Gasteiger charge is 2.78. The highest BCUT2D eigenvalue weighted by molar-refractivity contribution is 8.76. The Hall–Kier alpha value is -8.24. The fourth-order valence-electron chi connectivity index (χ4n) is 8.96. The van der Waals surface area contributed by atoms with E-state index in [1.54, 1.807) is 41.3 Å². The van der Waals surface area contributed by atoms with Crippen molar-refractivity contribution in [3.63, 3.8) is 0 Å². The number of carbonyl (C=O) groups is 8. The van der Waals surface area contributed by atoms with Crippen LogP contribution in [0.25, 0.3) is 11.2 Å². The molecule has 0 saturated carbocycles. The van der Waals surface area contributed by atoms with Crippen LogP contribution in [0.1, 0.15) is 41.4 Å². The molecule has 2 aromatic heterocycles. The Kier molecular flexibility index (Phi) is 14.6. The largest absolute Gasteiger partial charge is 0.480 e. The number of hydrogen-bond acceptors (Lipinski definition) is 21. The molecule has 2 saturated heterocycles. The maximum atomic E-state index is 13.5. The van der Waals surface area contributed by atoms with Crippen LogP contribution < -0.4 is 38.7 Å². The van der Waals surface area contributed by atoms with Crippen molar-refractivity contribution < 1.29 is 62.8 Å². The number of carboxylic acids is 2. The first-order valence-corrected chi connectivity index (χ1v) is 24.4. The fraction of sp³-hybridized carbons (Fsp3) is 0.333. The lowest BCUT2D eigenvalue weighted by Crippen LogP contribution is -2.56. The van der Waals surface area contributed by atoms with Gasteiger partial charge >= 0.3 is 24.1 Å². The number of methoxy groups -OCH3 is 1. The van der Waals surface area contributed by atoms with E-state index in [1.165, 1.54) is 48.1 Å². The minimum absolute atomic E-state index is 0.0123. The van der Waals surface area contributed by atoms with Crippen molar-refractivity contribution in [1.82, 2.24) is 40.4 Å². The number of allylic oxidation sites excluding steroid dienone is 2. The summed E-state index contributed by atoms with van der Waals surface area (Å²) in [6, 6.07) is 8.93. The number of amides is 4. The summed E-state index contributed by atoms with van der Waals surface area (Å²) in [5, 5.41) is 27.5. The van der Waals surface area contributed by atoms with E-state index in [1.807, 2.05) is 0 Å². The van der Waals surface area contributed by atoms with E-state index in [2.05, 4.69) is 35.9 Å². The van der Waals surface area contributed by atoms with Crippen molar-refractivity contribution in [2.75, 3.05) is 37.1 Å². The first-order chi connectivity index (χ1) is 34.8. The number of nitrogens with two attached hydrogens (primary N) is 3. The lowest BCUT2D eigenvalue weighted by molar-refractivity contribution is -0.144. The number of nitrogen functional groups attached to an aromatic ring is 1. The monoisotopic (exact) mass is 1040 g/mol. The number of carboxylic acid groups (broad SMARTS) is 2. The lowest BCUT2D eigenvalue weighted by atomic mass is 9.82. The zero-order valence-electron chi connectivity index (χ0n) is 38.6. The van der Waals surface area contributed by atoms with Crippen LogP contribution in [0, 0.1) is 5.92 Å². The minimum atomic E-state index is -1.47. The molecule has 3 aliphatic heterocycles. The second-order valence-electron chi connectivity index (χ2n) is 17.0. The zero-order valence-corrected chi connectivity index (χ0v) is 40.2. The molecule has 0 bridgehead atoms. The smallest absolute Gasteiger partial charge is 0.410 e. The van der Waals surface area contributed by atoms with Gasteiger partial charge in [0.1, 0.15) is 31.3 Å². The molecule has 1 aliphatic carbocycles. The number of anilines is 2. The lowest BCUT2D eigenvalue weighted by Gasteiger charge is -2.40. The third kappa shape index (κ3) is 10.3. The summed E-state index contributed by atoms with van der Waals surface area (Å²) in [5.41, 5.74) is 16.6. The minimum Gasteiger partial charge on any atom is -0.480 e. The summed E-state index contributed by atoms with van der Waals surface area (Å²) >= 11 is 0. The van der Waals surface area contributed by atoms with E-state index in [0.717, 1.165) is 10.8 Å². The third-order valence-electron chi connectivity index (χ3n) is 12.6. The van der Waals surface area contributed by atoms with E-state index >= 15 is 0 Å². The Morgan fingerprint density at radius 1 is 0.945 bits per heavy atom. The van der Waals surface area contributed by atoms with Gasteiger partial charge in [0, 0.05) is 53.1 Å². The van der Waals surface area contributed by atoms with Gasteiger partial charge in [-0.1, -0.05) is 33.7 Å². The number of hydrogen-bond donors (Lipinski definition) is 9. The van der Waals surface area contributed by atoms with Crippen molar-refractivity contribution in [3.8, 4) is 0 Å². The second kappa shape index (κ2) is 20.8. The van der Waals surface area contributed by atoms with Crippen LogP contribution in [0.3, 0.4) is 0 Å². The predicted molar refractivity (Wildman–Crippen MR) is 258 cm³/mol. The van der Waals surface area contributed by atoms with Gasteiger partial charge in [-0.15, -0.1) is 0 Å². The summed E-state index contributed by atoms with van der Waals surface area (Å²) in [7, 11) is 3.72. The molecule has 2 fully saturated rings. The van der Waals surface area contributed by atoms with Crippen LogP contribution in [0.15, 0.2) is 87.0 Å². The molecule has 8 rings (SSSR count). The van der Waals surface area contributed by atoms with Gasteiger partial charge in [-0.25, -0.2) is 29.1 Å². The number of H-pyrrole nitrogens is 1. The summed E-state index contributed by atoms with van der Waals surface area (Å²) < 4.78 is 16.8. The Morgan fingerprint density at radius 3 is 2.33 bits per heavy atom. The molecule has 28 heteroatoms. The number of aliphatic carboxylic acids is 2. The quantitative estimate of drug-likeness (QED) is 0.0332. The molecule has 2 aromatic carbocycles. The van der Waals surface area contributed by atoms with Crippen LogP contribution >= 0.6 is 21.6 Å². The zero-order chi connectivity index (χ0) is 52.5. The number of aromatic amines is 1. The summed E-state index contributed by atoms with van der Waals surface area (Å²) in [6.07, 6.45) is -1.12. The molecule has 26 nitrogen and oxygen atoms in total. The number of aromatic nitrogens is 4. The van der Waals surface area contributed by atoms with Crippen LogP contribution in [0.4, 0.5) is 21.2 Å². The maximum absolute atomic E-state index is 13.5.